The van der Waals surface area contributed by atoms with Gasteiger partial charge in [-0.05, 0) is 31.2 Å². The van der Waals surface area contributed by atoms with Gasteiger partial charge in [-0.1, -0.05) is 6.07 Å². The molecule has 2 aromatic heterocycles. The number of hydrogen-bond donors (Lipinski definition) is 2. The molecule has 3 rings (SSSR count). The van der Waals surface area contributed by atoms with Crippen LogP contribution in [-0.2, 0) is 4.79 Å². The second-order valence-electron chi connectivity index (χ2n) is 5.50. The number of nitrogens with zero attached hydrogens (tertiary/aromatic N) is 2. The van der Waals surface area contributed by atoms with Crippen molar-refractivity contribution in [2.24, 2.45) is 11.7 Å². The van der Waals surface area contributed by atoms with Gasteiger partial charge in [0.1, 0.15) is 0 Å². The molecule has 0 aromatic carbocycles. The number of quaternary nitrogens is 1. The van der Waals surface area contributed by atoms with E-state index in [9.17, 15) is 4.79 Å². The number of aromatic nitrogens is 2. The fraction of sp³-hybridized carbons (Fsp3) is 0.500. The van der Waals surface area contributed by atoms with E-state index in [0.29, 0.717) is 11.8 Å². The van der Waals surface area contributed by atoms with Crippen molar-refractivity contribution in [2.45, 2.75) is 25.8 Å². The second-order valence-corrected chi connectivity index (χ2v) is 6.45. The zero-order valence-electron chi connectivity index (χ0n) is 11.9. The Morgan fingerprint density at radius 2 is 2.43 bits per heavy atom. The molecule has 3 atom stereocenters. The maximum atomic E-state index is 11.4. The van der Waals surface area contributed by atoms with E-state index in [-0.39, 0.29) is 17.9 Å². The average molecular weight is 307 g/mol. The molecule has 1 aliphatic heterocycles. The molecule has 0 saturated carbocycles. The van der Waals surface area contributed by atoms with Crippen LogP contribution in [0.15, 0.2) is 21.9 Å². The van der Waals surface area contributed by atoms with E-state index >= 15 is 0 Å². The van der Waals surface area contributed by atoms with Crippen LogP contribution in [0.2, 0.25) is 0 Å². The Hall–Kier alpha value is -1.73. The summed E-state index contributed by atoms with van der Waals surface area (Å²) in [6.45, 7) is 3.80. The van der Waals surface area contributed by atoms with Gasteiger partial charge in [0.2, 0.25) is 5.91 Å². The maximum absolute atomic E-state index is 11.4. The number of primary amides is 1. The third-order valence-corrected chi connectivity index (χ3v) is 4.97. The Labute approximate surface area is 127 Å². The summed E-state index contributed by atoms with van der Waals surface area (Å²) in [5.41, 5.74) is 5.43. The van der Waals surface area contributed by atoms with Gasteiger partial charge in [0.05, 0.1) is 23.9 Å². The van der Waals surface area contributed by atoms with E-state index < -0.39 is 0 Å². The van der Waals surface area contributed by atoms with Gasteiger partial charge in [-0.2, -0.15) is 0 Å². The van der Waals surface area contributed by atoms with Gasteiger partial charge in [-0.15, -0.1) is 21.5 Å². The van der Waals surface area contributed by atoms with Crippen LogP contribution >= 0.6 is 11.3 Å². The number of carbonyl (C=O) groups is 1. The molecule has 0 bridgehead atoms. The Bertz CT molecular complexity index is 610. The number of nitrogens with one attached hydrogen (secondary N) is 1. The molecule has 0 radical (unpaired) electrons. The van der Waals surface area contributed by atoms with Crippen LogP contribution in [0, 0.1) is 5.92 Å². The molecule has 6 nitrogen and oxygen atoms in total. The van der Waals surface area contributed by atoms with Gasteiger partial charge in [0.25, 0.3) is 11.8 Å². The quantitative estimate of drug-likeness (QED) is 0.868. The van der Waals surface area contributed by atoms with E-state index in [4.69, 9.17) is 10.2 Å². The lowest BCUT2D eigenvalue weighted by Gasteiger charge is -2.31. The molecule has 7 heteroatoms. The summed E-state index contributed by atoms with van der Waals surface area (Å²) < 4.78 is 5.79. The SMILES string of the molecule is C[C@H](c1nnc(-c2cccs2)o1)[NH+]1CCC[C@H](C(N)=O)C1. The summed E-state index contributed by atoms with van der Waals surface area (Å²) >= 11 is 1.58. The fourth-order valence-corrected chi connectivity index (χ4v) is 3.46. The van der Waals surface area contributed by atoms with Crippen LogP contribution in [0.4, 0.5) is 0 Å². The van der Waals surface area contributed by atoms with Crippen molar-refractivity contribution in [2.75, 3.05) is 13.1 Å². The van der Waals surface area contributed by atoms with Gasteiger partial charge in [-0.3, -0.25) is 4.79 Å². The summed E-state index contributed by atoms with van der Waals surface area (Å²) in [5.74, 6) is 0.938. The normalized spacial score (nSPS) is 23.9. The molecule has 0 spiro atoms. The van der Waals surface area contributed by atoms with Gasteiger partial charge in [0.15, 0.2) is 6.04 Å². The zero-order valence-corrected chi connectivity index (χ0v) is 12.7. The predicted octanol–water partition coefficient (Wildman–Crippen LogP) is 0.639. The molecular weight excluding hydrogens is 288 g/mol. The number of carbonyl (C=O) groups excluding carboxylic acids is 1. The van der Waals surface area contributed by atoms with Gasteiger partial charge < -0.3 is 15.1 Å². The van der Waals surface area contributed by atoms with Crippen LogP contribution < -0.4 is 10.6 Å². The highest BCUT2D eigenvalue weighted by Gasteiger charge is 2.33. The second kappa shape index (κ2) is 5.95. The van der Waals surface area contributed by atoms with Crippen molar-refractivity contribution in [1.29, 1.82) is 0 Å². The number of amides is 1. The predicted molar refractivity (Wildman–Crippen MR) is 78.6 cm³/mol. The molecule has 3 N–H and O–H groups in total. The molecule has 112 valence electrons. The highest BCUT2D eigenvalue weighted by Crippen LogP contribution is 2.24. The molecule has 21 heavy (non-hydrogen) atoms. The molecular formula is C14H19N4O2S+. The van der Waals surface area contributed by atoms with Crippen molar-refractivity contribution >= 4 is 17.2 Å². The largest absolute Gasteiger partial charge is 0.414 e. The summed E-state index contributed by atoms with van der Waals surface area (Å²) in [6, 6.07) is 4.00. The lowest BCUT2D eigenvalue weighted by Crippen LogP contribution is -3.13. The van der Waals surface area contributed by atoms with Crippen LogP contribution in [0.5, 0.6) is 0 Å². The Balaban J connectivity index is 1.73. The molecule has 1 saturated heterocycles. The number of thiophene rings is 1. The smallest absolute Gasteiger partial charge is 0.274 e. The van der Waals surface area contributed by atoms with E-state index in [0.717, 1.165) is 30.8 Å². The lowest BCUT2D eigenvalue weighted by atomic mass is 9.96. The number of hydrogen-bond acceptors (Lipinski definition) is 5. The Morgan fingerprint density at radius 3 is 3.14 bits per heavy atom. The summed E-state index contributed by atoms with van der Waals surface area (Å²) in [6.07, 6.45) is 1.88. The van der Waals surface area contributed by atoms with E-state index in [1.165, 1.54) is 4.90 Å². The van der Waals surface area contributed by atoms with Crippen LogP contribution in [0.3, 0.4) is 0 Å². The first-order valence-corrected chi connectivity index (χ1v) is 8.04. The maximum Gasteiger partial charge on any atom is 0.274 e. The zero-order chi connectivity index (χ0) is 14.8. The minimum atomic E-state index is -0.204. The molecule has 2 aromatic rings. The van der Waals surface area contributed by atoms with Crippen molar-refractivity contribution in [1.82, 2.24) is 10.2 Å². The van der Waals surface area contributed by atoms with Crippen molar-refractivity contribution in [3.05, 3.63) is 23.4 Å². The third-order valence-electron chi connectivity index (χ3n) is 4.12. The van der Waals surface area contributed by atoms with Crippen molar-refractivity contribution in [3.8, 4) is 10.8 Å². The summed E-state index contributed by atoms with van der Waals surface area (Å²) in [7, 11) is 0. The average Bonchev–Trinajstić information content (AvgIpc) is 3.17. The van der Waals surface area contributed by atoms with E-state index in [2.05, 4.69) is 17.1 Å². The molecule has 1 amide bonds. The van der Waals surface area contributed by atoms with Crippen LogP contribution in [0.1, 0.15) is 31.7 Å². The first-order valence-electron chi connectivity index (χ1n) is 7.16. The standard InChI is InChI=1S/C14H18N4O2S/c1-9(18-6-2-4-10(8-18)12(15)19)13-16-17-14(20-13)11-5-3-7-21-11/h3,5,7,9-10H,2,4,6,8H2,1H3,(H2,15,19)/p+1/t9-,10+/m1/s1. The molecule has 1 unspecified atom stereocenters. The molecule has 1 fully saturated rings. The lowest BCUT2D eigenvalue weighted by molar-refractivity contribution is -0.938. The first kappa shape index (κ1) is 14.2. The van der Waals surface area contributed by atoms with E-state index in [1.54, 1.807) is 11.3 Å². The number of likely N-dealkylation sites (tertiary alicyclic amines) is 1. The number of nitrogens with two attached hydrogens (primary N) is 1. The van der Waals surface area contributed by atoms with Gasteiger partial charge in [0, 0.05) is 0 Å². The summed E-state index contributed by atoms with van der Waals surface area (Å²) in [4.78, 5) is 13.6. The van der Waals surface area contributed by atoms with Crippen LogP contribution in [-0.4, -0.2) is 29.2 Å². The molecule has 0 aliphatic carbocycles. The van der Waals surface area contributed by atoms with Crippen LogP contribution in [0.25, 0.3) is 10.8 Å². The first-order chi connectivity index (χ1) is 10.1. The monoisotopic (exact) mass is 307 g/mol. The highest BCUT2D eigenvalue weighted by molar-refractivity contribution is 7.13. The van der Waals surface area contributed by atoms with Gasteiger partial charge in [-0.25, -0.2) is 0 Å². The van der Waals surface area contributed by atoms with Gasteiger partial charge >= 0.3 is 0 Å². The highest BCUT2D eigenvalue weighted by atomic mass is 32.1. The van der Waals surface area contributed by atoms with Crippen molar-refractivity contribution in [3.63, 3.8) is 0 Å². The third kappa shape index (κ3) is 2.98. The van der Waals surface area contributed by atoms with Crippen molar-refractivity contribution < 1.29 is 14.1 Å². The molecule has 1 aliphatic rings. The fourth-order valence-electron chi connectivity index (χ4n) is 2.82. The Morgan fingerprint density at radius 1 is 1.57 bits per heavy atom. The topological polar surface area (TPSA) is 86.4 Å². The minimum Gasteiger partial charge on any atom is -0.414 e. The number of rotatable bonds is 4. The molecule has 3 heterocycles. The number of piperidine rings is 1. The summed E-state index contributed by atoms with van der Waals surface area (Å²) in [5, 5.41) is 10.3. The minimum absolute atomic E-state index is 0.0455. The Kier molecular flexibility index (Phi) is 4.03. The van der Waals surface area contributed by atoms with E-state index in [1.807, 2.05) is 17.5 Å².